The van der Waals surface area contributed by atoms with Crippen molar-refractivity contribution in [2.24, 2.45) is 5.41 Å². The van der Waals surface area contributed by atoms with Gasteiger partial charge in [-0.05, 0) is 42.9 Å². The Balaban J connectivity index is 0.00000120. The first kappa shape index (κ1) is 13.7. The van der Waals surface area contributed by atoms with Gasteiger partial charge in [-0.15, -0.1) is 12.4 Å². The Hall–Kier alpha value is -0.730. The van der Waals surface area contributed by atoms with Crippen molar-refractivity contribution in [2.45, 2.75) is 26.2 Å². The van der Waals surface area contributed by atoms with E-state index in [9.17, 15) is 0 Å². The number of anilines is 1. The summed E-state index contributed by atoms with van der Waals surface area (Å²) in [6, 6.07) is 8.92. The van der Waals surface area contributed by atoms with Crippen LogP contribution in [0.3, 0.4) is 0 Å². The van der Waals surface area contributed by atoms with Gasteiger partial charge in [-0.1, -0.05) is 25.1 Å². The number of rotatable bonds is 2. The molecule has 0 saturated carbocycles. The van der Waals surface area contributed by atoms with Gasteiger partial charge in [-0.3, -0.25) is 0 Å². The summed E-state index contributed by atoms with van der Waals surface area (Å²) in [7, 11) is 0. The Morgan fingerprint density at radius 3 is 2.94 bits per heavy atom. The van der Waals surface area contributed by atoms with E-state index in [1.807, 2.05) is 0 Å². The van der Waals surface area contributed by atoms with Crippen molar-refractivity contribution in [1.29, 1.82) is 0 Å². The summed E-state index contributed by atoms with van der Waals surface area (Å²) in [5, 5.41) is 3.50. The molecule has 100 valence electrons. The largest absolute Gasteiger partial charge is 0.371 e. The van der Waals surface area contributed by atoms with E-state index in [0.29, 0.717) is 5.41 Å². The fraction of sp³-hybridized carbons (Fsp3) is 0.600. The number of halogens is 1. The van der Waals surface area contributed by atoms with E-state index in [0.717, 1.165) is 0 Å². The molecule has 1 aromatic rings. The van der Waals surface area contributed by atoms with Crippen LogP contribution in [0.2, 0.25) is 0 Å². The van der Waals surface area contributed by atoms with E-state index in [1.54, 1.807) is 0 Å². The lowest BCUT2D eigenvalue weighted by Crippen LogP contribution is -2.40. The fourth-order valence-electron chi connectivity index (χ4n) is 3.24. The van der Waals surface area contributed by atoms with E-state index in [4.69, 9.17) is 0 Å². The molecule has 2 heterocycles. The minimum atomic E-state index is 0. The second-order valence-electron chi connectivity index (χ2n) is 5.89. The van der Waals surface area contributed by atoms with Crippen LogP contribution in [0, 0.1) is 5.41 Å². The van der Waals surface area contributed by atoms with E-state index >= 15 is 0 Å². The molecule has 1 atom stereocenters. The summed E-state index contributed by atoms with van der Waals surface area (Å²) in [4.78, 5) is 2.60. The Morgan fingerprint density at radius 1 is 1.33 bits per heavy atom. The zero-order valence-electron chi connectivity index (χ0n) is 11.1. The smallest absolute Gasteiger partial charge is 0.0398 e. The van der Waals surface area contributed by atoms with Gasteiger partial charge in [0.25, 0.3) is 0 Å². The SMILES string of the molecule is CC1(CN2CCCc3ccccc32)CCNC1.Cl. The Kier molecular flexibility index (Phi) is 4.18. The molecule has 18 heavy (non-hydrogen) atoms. The van der Waals surface area contributed by atoms with Crippen LogP contribution in [0.15, 0.2) is 24.3 Å². The van der Waals surface area contributed by atoms with Gasteiger partial charge in [0, 0.05) is 25.3 Å². The molecule has 0 aromatic heterocycles. The summed E-state index contributed by atoms with van der Waals surface area (Å²) >= 11 is 0. The number of hydrogen-bond acceptors (Lipinski definition) is 2. The summed E-state index contributed by atoms with van der Waals surface area (Å²) in [5.41, 5.74) is 3.48. The van der Waals surface area contributed by atoms with Crippen LogP contribution in [0.4, 0.5) is 5.69 Å². The molecular weight excluding hydrogens is 244 g/mol. The molecule has 0 spiro atoms. The van der Waals surface area contributed by atoms with Gasteiger partial charge in [-0.25, -0.2) is 0 Å². The maximum absolute atomic E-state index is 3.50. The molecule has 2 aliphatic heterocycles. The molecule has 1 fully saturated rings. The Morgan fingerprint density at radius 2 is 2.17 bits per heavy atom. The van der Waals surface area contributed by atoms with Crippen molar-refractivity contribution in [1.82, 2.24) is 5.32 Å². The van der Waals surface area contributed by atoms with E-state index < -0.39 is 0 Å². The molecule has 2 aliphatic rings. The van der Waals surface area contributed by atoms with E-state index in [-0.39, 0.29) is 12.4 Å². The minimum absolute atomic E-state index is 0. The quantitative estimate of drug-likeness (QED) is 0.886. The van der Waals surface area contributed by atoms with Crippen LogP contribution in [0.1, 0.15) is 25.3 Å². The molecule has 1 aromatic carbocycles. The lowest BCUT2D eigenvalue weighted by atomic mass is 9.88. The molecule has 2 nitrogen and oxygen atoms in total. The monoisotopic (exact) mass is 266 g/mol. The maximum Gasteiger partial charge on any atom is 0.0398 e. The second-order valence-corrected chi connectivity index (χ2v) is 5.89. The highest BCUT2D eigenvalue weighted by atomic mass is 35.5. The van der Waals surface area contributed by atoms with Gasteiger partial charge in [0.2, 0.25) is 0 Å². The van der Waals surface area contributed by atoms with Crippen molar-refractivity contribution in [3.8, 4) is 0 Å². The summed E-state index contributed by atoms with van der Waals surface area (Å²) < 4.78 is 0. The first-order valence-corrected chi connectivity index (χ1v) is 6.80. The number of aryl methyl sites for hydroxylation is 1. The summed E-state index contributed by atoms with van der Waals surface area (Å²) in [5.74, 6) is 0. The van der Waals surface area contributed by atoms with Gasteiger partial charge >= 0.3 is 0 Å². The van der Waals surface area contributed by atoms with Gasteiger partial charge < -0.3 is 10.2 Å². The van der Waals surface area contributed by atoms with Crippen molar-refractivity contribution in [3.63, 3.8) is 0 Å². The molecule has 0 amide bonds. The topological polar surface area (TPSA) is 15.3 Å². The highest BCUT2D eigenvalue weighted by Gasteiger charge is 2.31. The second kappa shape index (κ2) is 5.50. The van der Waals surface area contributed by atoms with Gasteiger partial charge in [0.1, 0.15) is 0 Å². The normalized spacial score (nSPS) is 26.6. The fourth-order valence-corrected chi connectivity index (χ4v) is 3.24. The zero-order valence-corrected chi connectivity index (χ0v) is 11.9. The molecule has 1 N–H and O–H groups in total. The van der Waals surface area contributed by atoms with Crippen LogP contribution in [-0.2, 0) is 6.42 Å². The van der Waals surface area contributed by atoms with Crippen LogP contribution in [0.5, 0.6) is 0 Å². The predicted octanol–water partition coefficient (Wildman–Crippen LogP) is 2.86. The van der Waals surface area contributed by atoms with Crippen LogP contribution in [-0.4, -0.2) is 26.2 Å². The maximum atomic E-state index is 3.50. The zero-order chi connectivity index (χ0) is 11.7. The number of fused-ring (bicyclic) bond motifs is 1. The molecular formula is C15H23ClN2. The molecule has 1 unspecified atom stereocenters. The first-order chi connectivity index (χ1) is 8.27. The minimum Gasteiger partial charge on any atom is -0.371 e. The Bertz CT molecular complexity index is 399. The molecule has 3 heteroatoms. The average molecular weight is 267 g/mol. The van der Waals surface area contributed by atoms with Crippen LogP contribution >= 0.6 is 12.4 Å². The van der Waals surface area contributed by atoms with Gasteiger partial charge in [0.05, 0.1) is 0 Å². The highest BCUT2D eigenvalue weighted by molar-refractivity contribution is 5.85. The van der Waals surface area contributed by atoms with Crippen molar-refractivity contribution < 1.29 is 0 Å². The summed E-state index contributed by atoms with van der Waals surface area (Å²) in [6.45, 7) is 7.21. The van der Waals surface area contributed by atoms with Gasteiger partial charge in [-0.2, -0.15) is 0 Å². The molecule has 3 rings (SSSR count). The van der Waals surface area contributed by atoms with E-state index in [2.05, 4.69) is 41.4 Å². The van der Waals surface area contributed by atoms with Crippen molar-refractivity contribution in [2.75, 3.05) is 31.1 Å². The average Bonchev–Trinajstić information content (AvgIpc) is 2.76. The first-order valence-electron chi connectivity index (χ1n) is 6.80. The third kappa shape index (κ3) is 2.65. The van der Waals surface area contributed by atoms with Gasteiger partial charge in [0.15, 0.2) is 0 Å². The van der Waals surface area contributed by atoms with Crippen LogP contribution < -0.4 is 10.2 Å². The Labute approximate surface area is 116 Å². The molecule has 1 saturated heterocycles. The highest BCUT2D eigenvalue weighted by Crippen LogP contribution is 2.32. The number of nitrogens with zero attached hydrogens (tertiary/aromatic N) is 1. The number of para-hydroxylation sites is 1. The number of nitrogens with one attached hydrogen (secondary N) is 1. The number of benzene rings is 1. The molecule has 0 radical (unpaired) electrons. The third-order valence-corrected chi connectivity index (χ3v) is 4.24. The predicted molar refractivity (Wildman–Crippen MR) is 79.8 cm³/mol. The summed E-state index contributed by atoms with van der Waals surface area (Å²) in [6.07, 6.45) is 3.87. The standard InChI is InChI=1S/C15H22N2.ClH/c1-15(8-9-16-11-15)12-17-10-4-6-13-5-2-3-7-14(13)17;/h2-3,5,7,16H,4,6,8-12H2,1H3;1H. The van der Waals surface area contributed by atoms with Crippen molar-refractivity contribution in [3.05, 3.63) is 29.8 Å². The molecule has 0 bridgehead atoms. The van der Waals surface area contributed by atoms with Crippen LogP contribution in [0.25, 0.3) is 0 Å². The third-order valence-electron chi connectivity index (χ3n) is 4.24. The van der Waals surface area contributed by atoms with Crippen molar-refractivity contribution >= 4 is 18.1 Å². The van der Waals surface area contributed by atoms with E-state index in [1.165, 1.54) is 56.7 Å². The lowest BCUT2D eigenvalue weighted by molar-refractivity contribution is 0.361. The number of hydrogen-bond donors (Lipinski definition) is 1. The lowest BCUT2D eigenvalue weighted by Gasteiger charge is -2.37. The molecule has 0 aliphatic carbocycles.